The lowest BCUT2D eigenvalue weighted by Gasteiger charge is -2.25. The third-order valence-electron chi connectivity index (χ3n) is 3.67. The quantitative estimate of drug-likeness (QED) is 0.609. The van der Waals surface area contributed by atoms with E-state index in [9.17, 15) is 9.18 Å². The number of ether oxygens (including phenoxy) is 1. The fraction of sp³-hybridized carbons (Fsp3) is 0.500. The smallest absolute Gasteiger partial charge is 0.235 e. The van der Waals surface area contributed by atoms with E-state index in [0.29, 0.717) is 11.3 Å². The van der Waals surface area contributed by atoms with Crippen LogP contribution >= 0.6 is 0 Å². The summed E-state index contributed by atoms with van der Waals surface area (Å²) in [5, 5.41) is 0. The summed E-state index contributed by atoms with van der Waals surface area (Å²) in [6, 6.07) is 3.10. The minimum Gasteiger partial charge on any atom is -0.496 e. The molecule has 0 aromatic heterocycles. The molecule has 18 heavy (non-hydrogen) atoms. The fourth-order valence-electron chi connectivity index (χ4n) is 2.68. The molecule has 1 fully saturated rings. The second-order valence-corrected chi connectivity index (χ2v) is 4.74. The second-order valence-electron chi connectivity index (χ2n) is 4.74. The molecule has 1 aromatic carbocycles. The molecular weight excluding hydrogens is 233 g/mol. The highest BCUT2D eigenvalue weighted by molar-refractivity contribution is 5.46. The standard InChI is InChI=1S/C14H16FNO2/c1-10-7-11(13(18-2)8-12(10)15)14(16-9-17)5-3-4-6-14/h7-8H,3-6H2,1-2H3. The largest absolute Gasteiger partial charge is 0.496 e. The third kappa shape index (κ3) is 2.04. The normalized spacial score (nSPS) is 17.3. The van der Waals surface area contributed by atoms with Gasteiger partial charge >= 0.3 is 0 Å². The van der Waals surface area contributed by atoms with E-state index >= 15 is 0 Å². The Bertz CT molecular complexity index is 501. The molecule has 1 saturated carbocycles. The highest BCUT2D eigenvalue weighted by Crippen LogP contribution is 2.46. The summed E-state index contributed by atoms with van der Waals surface area (Å²) in [4.78, 5) is 14.7. The number of halogens is 1. The van der Waals surface area contributed by atoms with Gasteiger partial charge in [0.1, 0.15) is 17.1 Å². The number of hydrogen-bond acceptors (Lipinski definition) is 3. The van der Waals surface area contributed by atoms with Crippen LogP contribution < -0.4 is 4.74 Å². The lowest BCUT2D eigenvalue weighted by atomic mass is 9.87. The molecule has 0 amide bonds. The molecule has 0 bridgehead atoms. The van der Waals surface area contributed by atoms with Gasteiger partial charge in [0.25, 0.3) is 0 Å². The molecule has 0 heterocycles. The first kappa shape index (κ1) is 12.8. The zero-order chi connectivity index (χ0) is 13.2. The van der Waals surface area contributed by atoms with Crippen molar-refractivity contribution >= 4 is 6.08 Å². The van der Waals surface area contributed by atoms with Crippen molar-refractivity contribution in [3.05, 3.63) is 29.1 Å². The maximum atomic E-state index is 13.6. The molecule has 0 aliphatic heterocycles. The summed E-state index contributed by atoms with van der Waals surface area (Å²) in [6.07, 6.45) is 5.23. The van der Waals surface area contributed by atoms with Crippen LogP contribution in [0.1, 0.15) is 36.8 Å². The first-order chi connectivity index (χ1) is 8.63. The summed E-state index contributed by atoms with van der Waals surface area (Å²) < 4.78 is 18.8. The van der Waals surface area contributed by atoms with E-state index in [1.165, 1.54) is 13.2 Å². The fourth-order valence-corrected chi connectivity index (χ4v) is 2.68. The van der Waals surface area contributed by atoms with E-state index in [1.54, 1.807) is 19.1 Å². The molecule has 0 atom stereocenters. The van der Waals surface area contributed by atoms with Crippen LogP contribution in [0.5, 0.6) is 5.75 Å². The number of carbonyl (C=O) groups excluding carboxylic acids is 1. The van der Waals surface area contributed by atoms with Gasteiger partial charge in [-0.3, -0.25) is 0 Å². The lowest BCUT2D eigenvalue weighted by molar-refractivity contribution is 0.376. The van der Waals surface area contributed by atoms with Crippen LogP contribution in [0.2, 0.25) is 0 Å². The van der Waals surface area contributed by atoms with Crippen molar-refractivity contribution in [3.8, 4) is 5.75 Å². The number of aliphatic imine (C=N–C) groups is 1. The molecule has 0 spiro atoms. The number of aryl methyl sites for hydroxylation is 1. The van der Waals surface area contributed by atoms with Crippen LogP contribution in [-0.4, -0.2) is 13.2 Å². The van der Waals surface area contributed by atoms with Gasteiger partial charge in [0.05, 0.1) is 7.11 Å². The monoisotopic (exact) mass is 249 g/mol. The van der Waals surface area contributed by atoms with Crippen molar-refractivity contribution in [1.82, 2.24) is 0 Å². The van der Waals surface area contributed by atoms with Gasteiger partial charge in [-0.25, -0.2) is 9.18 Å². The van der Waals surface area contributed by atoms with Gasteiger partial charge in [0, 0.05) is 11.6 Å². The summed E-state index contributed by atoms with van der Waals surface area (Å²) in [7, 11) is 1.50. The van der Waals surface area contributed by atoms with Gasteiger partial charge in [-0.2, -0.15) is 4.99 Å². The van der Waals surface area contributed by atoms with E-state index in [1.807, 2.05) is 0 Å². The van der Waals surface area contributed by atoms with Crippen LogP contribution in [0, 0.1) is 12.7 Å². The van der Waals surface area contributed by atoms with Crippen molar-refractivity contribution in [3.63, 3.8) is 0 Å². The molecule has 0 unspecified atom stereocenters. The van der Waals surface area contributed by atoms with Crippen molar-refractivity contribution in [1.29, 1.82) is 0 Å². The summed E-state index contributed by atoms with van der Waals surface area (Å²) in [5.41, 5.74) is 0.758. The van der Waals surface area contributed by atoms with Crippen molar-refractivity contribution in [2.45, 2.75) is 38.1 Å². The Hall–Kier alpha value is -1.67. The first-order valence-corrected chi connectivity index (χ1v) is 6.06. The van der Waals surface area contributed by atoms with Crippen molar-refractivity contribution in [2.75, 3.05) is 7.11 Å². The molecular formula is C14H16FNO2. The van der Waals surface area contributed by atoms with Crippen LogP contribution in [0.25, 0.3) is 0 Å². The van der Waals surface area contributed by atoms with Gasteiger partial charge in [-0.05, 0) is 31.4 Å². The zero-order valence-electron chi connectivity index (χ0n) is 10.6. The molecule has 96 valence electrons. The molecule has 1 aliphatic carbocycles. The number of isocyanates is 1. The summed E-state index contributed by atoms with van der Waals surface area (Å²) in [6.45, 7) is 1.70. The highest BCUT2D eigenvalue weighted by Gasteiger charge is 2.38. The van der Waals surface area contributed by atoms with Gasteiger partial charge in [-0.15, -0.1) is 0 Å². The van der Waals surface area contributed by atoms with Crippen LogP contribution in [0.3, 0.4) is 0 Å². The number of methoxy groups -OCH3 is 1. The van der Waals surface area contributed by atoms with Gasteiger partial charge in [0.2, 0.25) is 6.08 Å². The molecule has 0 saturated heterocycles. The van der Waals surface area contributed by atoms with E-state index in [4.69, 9.17) is 4.74 Å². The zero-order valence-corrected chi connectivity index (χ0v) is 10.6. The number of rotatable bonds is 3. The average molecular weight is 249 g/mol. The Morgan fingerprint density at radius 2 is 2.06 bits per heavy atom. The molecule has 0 N–H and O–H groups in total. The average Bonchev–Trinajstić information content (AvgIpc) is 2.82. The molecule has 2 rings (SSSR count). The van der Waals surface area contributed by atoms with Crippen LogP contribution in [0.4, 0.5) is 4.39 Å². The van der Waals surface area contributed by atoms with E-state index in [2.05, 4.69) is 4.99 Å². The van der Waals surface area contributed by atoms with Gasteiger partial charge < -0.3 is 4.74 Å². The predicted molar refractivity (Wildman–Crippen MR) is 66.0 cm³/mol. The van der Waals surface area contributed by atoms with Gasteiger partial charge in [0.15, 0.2) is 0 Å². The SMILES string of the molecule is COc1cc(F)c(C)cc1C1(N=C=O)CCCC1. The summed E-state index contributed by atoms with van der Waals surface area (Å²) in [5.74, 6) is 0.151. The lowest BCUT2D eigenvalue weighted by Crippen LogP contribution is -2.20. The Kier molecular flexibility index (Phi) is 3.48. The topological polar surface area (TPSA) is 38.7 Å². The number of nitrogens with zero attached hydrogens (tertiary/aromatic N) is 1. The maximum Gasteiger partial charge on any atom is 0.235 e. The Labute approximate surface area is 106 Å². The number of benzene rings is 1. The second kappa shape index (κ2) is 4.91. The van der Waals surface area contributed by atoms with E-state index in [-0.39, 0.29) is 5.82 Å². The maximum absolute atomic E-state index is 13.6. The van der Waals surface area contributed by atoms with Crippen LogP contribution in [0.15, 0.2) is 17.1 Å². The first-order valence-electron chi connectivity index (χ1n) is 6.06. The molecule has 0 radical (unpaired) electrons. The van der Waals surface area contributed by atoms with Crippen molar-refractivity contribution in [2.24, 2.45) is 4.99 Å². The highest BCUT2D eigenvalue weighted by atomic mass is 19.1. The van der Waals surface area contributed by atoms with Crippen molar-refractivity contribution < 1.29 is 13.9 Å². The number of hydrogen-bond donors (Lipinski definition) is 0. The molecule has 4 heteroatoms. The minimum atomic E-state index is -0.578. The van der Waals surface area contributed by atoms with E-state index < -0.39 is 5.54 Å². The molecule has 3 nitrogen and oxygen atoms in total. The predicted octanol–water partition coefficient (Wildman–Crippen LogP) is 3.25. The molecule has 1 aromatic rings. The molecule has 1 aliphatic rings. The minimum absolute atomic E-state index is 0.307. The summed E-state index contributed by atoms with van der Waals surface area (Å²) >= 11 is 0. The van der Waals surface area contributed by atoms with E-state index in [0.717, 1.165) is 31.2 Å². The van der Waals surface area contributed by atoms with Gasteiger partial charge in [-0.1, -0.05) is 12.8 Å². The Morgan fingerprint density at radius 1 is 1.39 bits per heavy atom. The Balaban J connectivity index is 2.60. The third-order valence-corrected chi connectivity index (χ3v) is 3.67. The van der Waals surface area contributed by atoms with Crippen LogP contribution in [-0.2, 0) is 10.3 Å². The Morgan fingerprint density at radius 3 is 2.61 bits per heavy atom.